The first-order valence-electron chi connectivity index (χ1n) is 19.3. The number of amides is 5. The lowest BCUT2D eigenvalue weighted by Crippen LogP contribution is -2.56. The number of likely N-dealkylation sites (tertiary alicyclic amines) is 1. The summed E-state index contributed by atoms with van der Waals surface area (Å²) in [7, 11) is 0. The van der Waals surface area contributed by atoms with Crippen LogP contribution < -0.4 is 15.4 Å². The number of rotatable bonds is 15. The smallest absolute Gasteiger partial charge is 0.409 e. The fraction of sp³-hybridized carbons (Fsp3) is 0.615. The van der Waals surface area contributed by atoms with E-state index in [1.807, 2.05) is 13.0 Å². The zero-order valence-electron chi connectivity index (χ0n) is 32.3. The van der Waals surface area contributed by atoms with Crippen molar-refractivity contribution in [3.63, 3.8) is 0 Å². The molecule has 0 spiro atoms. The molecular weight excluding hydrogens is 712 g/mol. The first-order valence-corrected chi connectivity index (χ1v) is 19.3. The highest BCUT2D eigenvalue weighted by Gasteiger charge is 2.36. The van der Waals surface area contributed by atoms with Crippen LogP contribution >= 0.6 is 0 Å². The van der Waals surface area contributed by atoms with Gasteiger partial charge in [0.1, 0.15) is 23.5 Å². The number of ether oxygens (including phenoxy) is 3. The summed E-state index contributed by atoms with van der Waals surface area (Å²) in [6, 6.07) is 5.28. The first-order chi connectivity index (χ1) is 26.2. The van der Waals surface area contributed by atoms with Crippen LogP contribution in [0.5, 0.6) is 5.75 Å². The molecule has 0 radical (unpaired) electrons. The maximum Gasteiger partial charge on any atom is 0.409 e. The molecular formula is C39H54N6O10. The number of carbonyl (C=O) groups is 6. The molecule has 2 aromatic rings. The number of carbonyl (C=O) groups excluding carboxylic acids is 6. The van der Waals surface area contributed by atoms with Crippen LogP contribution in [0.25, 0.3) is 10.9 Å². The summed E-state index contributed by atoms with van der Waals surface area (Å²) in [6.45, 7) is 7.93. The molecule has 0 bridgehead atoms. The molecule has 5 rings (SSSR count). The Bertz CT molecular complexity index is 1730. The van der Waals surface area contributed by atoms with Crippen LogP contribution in [0.3, 0.4) is 0 Å². The summed E-state index contributed by atoms with van der Waals surface area (Å²) < 4.78 is 16.4. The fourth-order valence-electron chi connectivity index (χ4n) is 6.74. The molecule has 3 fully saturated rings. The van der Waals surface area contributed by atoms with E-state index in [9.17, 15) is 33.9 Å². The molecule has 300 valence electrons. The number of aryl methyl sites for hydroxylation is 1. The van der Waals surface area contributed by atoms with Gasteiger partial charge in [-0.1, -0.05) is 6.07 Å². The molecule has 3 N–H and O–H groups in total. The molecule has 1 aromatic heterocycles. The second kappa shape index (κ2) is 18.6. The van der Waals surface area contributed by atoms with Crippen molar-refractivity contribution in [2.45, 2.75) is 103 Å². The summed E-state index contributed by atoms with van der Waals surface area (Å²) in [6.07, 6.45) is 3.72. The van der Waals surface area contributed by atoms with Gasteiger partial charge in [-0.25, -0.2) is 9.78 Å². The number of fused-ring (bicyclic) bond motifs is 1. The van der Waals surface area contributed by atoms with Gasteiger partial charge in [-0.15, -0.1) is 0 Å². The van der Waals surface area contributed by atoms with Crippen LogP contribution in [0.15, 0.2) is 24.3 Å². The molecule has 1 saturated carbocycles. The van der Waals surface area contributed by atoms with E-state index in [0.29, 0.717) is 30.3 Å². The van der Waals surface area contributed by atoms with E-state index >= 15 is 0 Å². The maximum atomic E-state index is 13.9. The number of piperazine rings is 1. The number of hydrogen-bond acceptors (Lipinski definition) is 11. The van der Waals surface area contributed by atoms with Gasteiger partial charge in [0.2, 0.25) is 11.8 Å². The molecule has 16 nitrogen and oxygen atoms in total. The van der Waals surface area contributed by atoms with Crippen molar-refractivity contribution in [1.29, 1.82) is 0 Å². The number of nitrogens with one attached hydrogen (secondary N) is 2. The zero-order valence-corrected chi connectivity index (χ0v) is 32.3. The molecule has 2 unspecified atom stereocenters. The fourth-order valence-corrected chi connectivity index (χ4v) is 6.74. The van der Waals surface area contributed by atoms with Crippen molar-refractivity contribution in [2.75, 3.05) is 52.5 Å². The molecule has 16 heteroatoms. The minimum atomic E-state index is -1.15. The Kier molecular flexibility index (Phi) is 13.9. The second-order valence-corrected chi connectivity index (χ2v) is 15.1. The van der Waals surface area contributed by atoms with Gasteiger partial charge in [0.05, 0.1) is 24.3 Å². The Hall–Kier alpha value is -4.99. The van der Waals surface area contributed by atoms with Crippen molar-refractivity contribution in [3.05, 3.63) is 35.5 Å². The van der Waals surface area contributed by atoms with Crippen LogP contribution in [-0.4, -0.2) is 137 Å². The van der Waals surface area contributed by atoms with Gasteiger partial charge in [0, 0.05) is 63.1 Å². The summed E-state index contributed by atoms with van der Waals surface area (Å²) in [4.78, 5) is 88.2. The summed E-state index contributed by atoms with van der Waals surface area (Å²) in [5.74, 6) is -2.01. The topological polar surface area (TPSA) is 197 Å². The Labute approximate surface area is 321 Å². The van der Waals surface area contributed by atoms with Crippen molar-refractivity contribution < 1.29 is 48.1 Å². The lowest BCUT2D eigenvalue weighted by atomic mass is 9.93. The van der Waals surface area contributed by atoms with Crippen LogP contribution in [0.1, 0.15) is 88.2 Å². The average Bonchev–Trinajstić information content (AvgIpc) is 3.63. The number of aromatic nitrogens is 1. The van der Waals surface area contributed by atoms with Gasteiger partial charge in [-0.05, 0) is 83.9 Å². The van der Waals surface area contributed by atoms with Gasteiger partial charge >= 0.3 is 12.1 Å². The molecule has 2 aliphatic heterocycles. The van der Waals surface area contributed by atoms with Gasteiger partial charge in [-0.3, -0.25) is 24.0 Å². The quantitative estimate of drug-likeness (QED) is 0.225. The van der Waals surface area contributed by atoms with E-state index in [4.69, 9.17) is 14.2 Å². The van der Waals surface area contributed by atoms with Gasteiger partial charge in [0.25, 0.3) is 11.8 Å². The number of aliphatic hydroxyl groups is 1. The summed E-state index contributed by atoms with van der Waals surface area (Å²) in [5, 5.41) is 16.3. The van der Waals surface area contributed by atoms with Crippen LogP contribution in [0, 0.1) is 6.92 Å². The highest BCUT2D eigenvalue weighted by Crippen LogP contribution is 2.28. The third-order valence-electron chi connectivity index (χ3n) is 10.2. The molecule has 1 aromatic carbocycles. The molecule has 5 amide bonds. The SMILES string of the molecule is CCOC(=O)N1CCN(C(=O)C(CCC(=O)OCCC(C)(C)O)NC(=O)c2cc(OCC(=O)N3CCCC3C(=O)NC3CCC3)c3ccc(C)cc3n2)CC1. The lowest BCUT2D eigenvalue weighted by Gasteiger charge is -2.36. The lowest BCUT2D eigenvalue weighted by molar-refractivity contribution is -0.145. The van der Waals surface area contributed by atoms with Crippen molar-refractivity contribution in [1.82, 2.24) is 30.3 Å². The standard InChI is InChI=1S/C39H54N6O10/c1-5-53-38(51)44-19-17-43(18-20-44)37(50)28(13-14-34(47)54-21-15-39(3,4)52)42-35(48)30-23-32(27-12-11-25(2)22-29(27)41-30)55-24-33(46)45-16-7-10-31(45)36(49)40-26-8-6-9-26/h11-12,22-23,26,28,31,52H,5-10,13-21,24H2,1-4H3,(H,40,49)(H,42,48). The normalized spacial score (nSPS) is 18.0. The third kappa shape index (κ3) is 11.3. The summed E-state index contributed by atoms with van der Waals surface area (Å²) >= 11 is 0. The molecule has 2 saturated heterocycles. The third-order valence-corrected chi connectivity index (χ3v) is 10.2. The highest BCUT2D eigenvalue weighted by atomic mass is 16.6. The Balaban J connectivity index is 1.30. The molecule has 2 atom stereocenters. The van der Waals surface area contributed by atoms with Crippen molar-refractivity contribution in [3.8, 4) is 5.75 Å². The minimum absolute atomic E-state index is 0.0130. The van der Waals surface area contributed by atoms with Crippen LogP contribution in [-0.2, 0) is 28.7 Å². The van der Waals surface area contributed by atoms with Gasteiger partial charge in [-0.2, -0.15) is 0 Å². The number of benzene rings is 1. The minimum Gasteiger partial charge on any atom is -0.483 e. The Morgan fingerprint density at radius 3 is 2.36 bits per heavy atom. The number of nitrogens with zero attached hydrogens (tertiary/aromatic N) is 4. The van der Waals surface area contributed by atoms with Crippen LogP contribution in [0.4, 0.5) is 4.79 Å². The first kappa shape index (κ1) is 41.2. The van der Waals surface area contributed by atoms with Crippen LogP contribution in [0.2, 0.25) is 0 Å². The van der Waals surface area contributed by atoms with E-state index in [1.54, 1.807) is 37.8 Å². The Morgan fingerprint density at radius 2 is 1.69 bits per heavy atom. The summed E-state index contributed by atoms with van der Waals surface area (Å²) in [5.41, 5.74) is 0.205. The highest BCUT2D eigenvalue weighted by molar-refractivity contribution is 5.99. The van der Waals surface area contributed by atoms with E-state index < -0.39 is 41.6 Å². The van der Waals surface area contributed by atoms with Gasteiger partial charge in [0.15, 0.2) is 6.61 Å². The average molecular weight is 767 g/mol. The van der Waals surface area contributed by atoms with E-state index in [1.165, 1.54) is 15.9 Å². The number of esters is 1. The number of pyridine rings is 1. The van der Waals surface area contributed by atoms with Crippen molar-refractivity contribution >= 4 is 46.6 Å². The van der Waals surface area contributed by atoms with E-state index in [-0.39, 0.29) is 94.6 Å². The molecule has 55 heavy (non-hydrogen) atoms. The predicted molar refractivity (Wildman–Crippen MR) is 200 cm³/mol. The maximum absolute atomic E-state index is 13.9. The Morgan fingerprint density at radius 1 is 0.964 bits per heavy atom. The zero-order chi connectivity index (χ0) is 39.7. The predicted octanol–water partition coefficient (Wildman–Crippen LogP) is 2.47. The molecule has 3 heterocycles. The number of hydrogen-bond donors (Lipinski definition) is 3. The van der Waals surface area contributed by atoms with E-state index in [2.05, 4.69) is 15.6 Å². The second-order valence-electron chi connectivity index (χ2n) is 15.1. The molecule has 3 aliphatic rings. The van der Waals surface area contributed by atoms with E-state index in [0.717, 1.165) is 24.8 Å². The molecule has 1 aliphatic carbocycles. The largest absolute Gasteiger partial charge is 0.483 e. The monoisotopic (exact) mass is 766 g/mol. The van der Waals surface area contributed by atoms with Crippen molar-refractivity contribution in [2.24, 2.45) is 0 Å². The van der Waals surface area contributed by atoms with Gasteiger partial charge < -0.3 is 44.7 Å².